The summed E-state index contributed by atoms with van der Waals surface area (Å²) in [6.07, 6.45) is 8.81. The molecule has 0 aromatic carbocycles. The fourth-order valence-electron chi connectivity index (χ4n) is 2.90. The van der Waals surface area contributed by atoms with Gasteiger partial charge < -0.3 is 10.2 Å². The Morgan fingerprint density at radius 2 is 2.30 bits per heavy atom. The first-order valence-corrected chi connectivity index (χ1v) is 7.67. The molecule has 20 heavy (non-hydrogen) atoms. The van der Waals surface area contributed by atoms with Crippen molar-refractivity contribution in [3.8, 4) is 0 Å². The molecule has 0 bridgehead atoms. The van der Waals surface area contributed by atoms with Gasteiger partial charge in [0.2, 0.25) is 5.91 Å². The number of hydrogen-bond donors (Lipinski definition) is 1. The fraction of sp³-hybridized carbons (Fsp3) is 0.786. The summed E-state index contributed by atoms with van der Waals surface area (Å²) >= 11 is 0. The lowest BCUT2D eigenvalue weighted by Gasteiger charge is -2.30. The minimum absolute atomic E-state index is 0.272. The Morgan fingerprint density at radius 3 is 2.95 bits per heavy atom. The lowest BCUT2D eigenvalue weighted by atomic mass is 9.99. The van der Waals surface area contributed by atoms with Crippen LogP contribution in [0.1, 0.15) is 32.1 Å². The summed E-state index contributed by atoms with van der Waals surface area (Å²) in [6, 6.07) is 0.500. The second-order valence-corrected chi connectivity index (χ2v) is 5.91. The summed E-state index contributed by atoms with van der Waals surface area (Å²) in [7, 11) is 0. The predicted octanol–water partition coefficient (Wildman–Crippen LogP) is 0.659. The number of aryl methyl sites for hydroxylation is 1. The van der Waals surface area contributed by atoms with Gasteiger partial charge in [-0.3, -0.25) is 9.48 Å². The first-order chi connectivity index (χ1) is 9.83. The molecule has 1 saturated heterocycles. The van der Waals surface area contributed by atoms with Crippen LogP contribution in [0.15, 0.2) is 12.4 Å². The number of rotatable bonds is 6. The maximum absolute atomic E-state index is 12.4. The van der Waals surface area contributed by atoms with E-state index in [0.29, 0.717) is 24.9 Å². The second kappa shape index (κ2) is 6.35. The average molecular weight is 277 g/mol. The summed E-state index contributed by atoms with van der Waals surface area (Å²) in [5.41, 5.74) is 0. The summed E-state index contributed by atoms with van der Waals surface area (Å²) in [5.74, 6) is 0.897. The molecule has 1 aliphatic carbocycles. The summed E-state index contributed by atoms with van der Waals surface area (Å²) < 4.78 is 1.73. The molecule has 1 aliphatic heterocycles. The maximum atomic E-state index is 12.4. The van der Waals surface area contributed by atoms with Crippen LogP contribution in [0, 0.1) is 5.92 Å². The number of nitrogens with one attached hydrogen (secondary N) is 1. The molecule has 6 nitrogen and oxygen atoms in total. The van der Waals surface area contributed by atoms with Gasteiger partial charge in [-0.25, -0.2) is 0 Å². The van der Waals surface area contributed by atoms with Crippen LogP contribution >= 0.6 is 0 Å². The van der Waals surface area contributed by atoms with E-state index < -0.39 is 0 Å². The number of nitrogens with zero attached hydrogens (tertiary/aromatic N) is 4. The van der Waals surface area contributed by atoms with E-state index in [1.807, 2.05) is 0 Å². The quantitative estimate of drug-likeness (QED) is 0.829. The second-order valence-electron chi connectivity index (χ2n) is 5.91. The molecule has 1 saturated carbocycles. The van der Waals surface area contributed by atoms with Crippen molar-refractivity contribution in [2.75, 3.05) is 19.6 Å². The summed E-state index contributed by atoms with van der Waals surface area (Å²) in [6.45, 7) is 3.73. The number of piperidine rings is 1. The minimum Gasteiger partial charge on any atom is -0.339 e. The Kier molecular flexibility index (Phi) is 4.30. The molecule has 1 aromatic heterocycles. The van der Waals surface area contributed by atoms with Gasteiger partial charge in [0.15, 0.2) is 0 Å². The van der Waals surface area contributed by atoms with Gasteiger partial charge in [-0.1, -0.05) is 5.21 Å². The van der Waals surface area contributed by atoms with E-state index in [0.717, 1.165) is 19.6 Å². The van der Waals surface area contributed by atoms with Crippen LogP contribution in [0.2, 0.25) is 0 Å². The van der Waals surface area contributed by atoms with Crippen LogP contribution < -0.4 is 5.32 Å². The third-order valence-electron chi connectivity index (χ3n) is 4.19. The molecule has 1 N–H and O–H groups in total. The van der Waals surface area contributed by atoms with Crippen molar-refractivity contribution in [3.63, 3.8) is 0 Å². The van der Waals surface area contributed by atoms with Gasteiger partial charge in [-0.2, -0.15) is 0 Å². The summed E-state index contributed by atoms with van der Waals surface area (Å²) in [4.78, 5) is 14.6. The molecular weight excluding hydrogens is 254 g/mol. The number of carbonyl (C=O) groups is 1. The average Bonchev–Trinajstić information content (AvgIpc) is 3.19. The van der Waals surface area contributed by atoms with E-state index in [1.54, 1.807) is 17.1 Å². The van der Waals surface area contributed by atoms with E-state index in [-0.39, 0.29) is 5.91 Å². The lowest BCUT2D eigenvalue weighted by molar-refractivity contribution is -0.132. The largest absolute Gasteiger partial charge is 0.339 e. The Balaban J connectivity index is 1.51. The van der Waals surface area contributed by atoms with Crippen LogP contribution in [0.5, 0.6) is 0 Å². The molecule has 110 valence electrons. The third-order valence-corrected chi connectivity index (χ3v) is 4.19. The summed E-state index contributed by atoms with van der Waals surface area (Å²) in [5, 5.41) is 11.1. The Bertz CT molecular complexity index is 423. The zero-order chi connectivity index (χ0) is 13.8. The van der Waals surface area contributed by atoms with Gasteiger partial charge in [0.05, 0.1) is 12.7 Å². The van der Waals surface area contributed by atoms with Gasteiger partial charge in [-0.15, -0.1) is 5.10 Å². The molecule has 1 aromatic rings. The Morgan fingerprint density at radius 1 is 1.40 bits per heavy atom. The number of hydrogen-bond acceptors (Lipinski definition) is 4. The van der Waals surface area contributed by atoms with E-state index in [2.05, 4.69) is 20.5 Å². The molecule has 0 spiro atoms. The molecule has 3 rings (SSSR count). The van der Waals surface area contributed by atoms with Crippen LogP contribution in [-0.2, 0) is 11.3 Å². The van der Waals surface area contributed by atoms with Crippen molar-refractivity contribution >= 4 is 5.91 Å². The highest BCUT2D eigenvalue weighted by Crippen LogP contribution is 2.29. The molecule has 2 heterocycles. The number of carbonyl (C=O) groups excluding carboxylic acids is 1. The van der Waals surface area contributed by atoms with Crippen LogP contribution in [0.3, 0.4) is 0 Å². The van der Waals surface area contributed by atoms with Gasteiger partial charge >= 0.3 is 0 Å². The first kappa shape index (κ1) is 13.5. The zero-order valence-electron chi connectivity index (χ0n) is 11.9. The van der Waals surface area contributed by atoms with Crippen molar-refractivity contribution < 1.29 is 4.79 Å². The van der Waals surface area contributed by atoms with Gasteiger partial charge in [0.1, 0.15) is 0 Å². The van der Waals surface area contributed by atoms with E-state index in [1.165, 1.54) is 25.7 Å². The van der Waals surface area contributed by atoms with Gasteiger partial charge in [0, 0.05) is 25.2 Å². The normalized spacial score (nSPS) is 22.7. The lowest BCUT2D eigenvalue weighted by Crippen LogP contribution is -2.42. The molecule has 2 fully saturated rings. The first-order valence-electron chi connectivity index (χ1n) is 7.67. The van der Waals surface area contributed by atoms with Crippen molar-refractivity contribution in [3.05, 3.63) is 12.4 Å². The molecule has 6 heteroatoms. The smallest absolute Gasteiger partial charge is 0.224 e. The Hall–Kier alpha value is -1.43. The van der Waals surface area contributed by atoms with Crippen LogP contribution in [0.4, 0.5) is 0 Å². The minimum atomic E-state index is 0.272. The highest BCUT2D eigenvalue weighted by atomic mass is 16.2. The highest BCUT2D eigenvalue weighted by Gasteiger charge is 2.33. The van der Waals surface area contributed by atoms with E-state index in [9.17, 15) is 4.79 Å². The topological polar surface area (TPSA) is 63.1 Å². The third kappa shape index (κ3) is 3.56. The number of aromatic nitrogens is 3. The zero-order valence-corrected chi connectivity index (χ0v) is 11.9. The standard InChI is InChI=1S/C14H23N5O/c20-14(5-8-18-9-7-16-17-18)19(13-3-4-13)11-12-2-1-6-15-10-12/h7,9,12-13,15H,1-6,8,10-11H2. The molecule has 0 radical (unpaired) electrons. The fourth-order valence-corrected chi connectivity index (χ4v) is 2.90. The molecule has 1 unspecified atom stereocenters. The van der Waals surface area contributed by atoms with Crippen LogP contribution in [0.25, 0.3) is 0 Å². The van der Waals surface area contributed by atoms with E-state index in [4.69, 9.17) is 0 Å². The van der Waals surface area contributed by atoms with Gasteiger partial charge in [0.25, 0.3) is 0 Å². The number of amides is 1. The van der Waals surface area contributed by atoms with Crippen molar-refractivity contribution in [2.24, 2.45) is 5.92 Å². The highest BCUT2D eigenvalue weighted by molar-refractivity contribution is 5.76. The molecule has 2 aliphatic rings. The maximum Gasteiger partial charge on any atom is 0.224 e. The van der Waals surface area contributed by atoms with Gasteiger partial charge in [-0.05, 0) is 44.7 Å². The molecular formula is C14H23N5O. The molecule has 1 amide bonds. The monoisotopic (exact) mass is 277 g/mol. The van der Waals surface area contributed by atoms with Crippen molar-refractivity contribution in [1.82, 2.24) is 25.2 Å². The van der Waals surface area contributed by atoms with Crippen molar-refractivity contribution in [1.29, 1.82) is 0 Å². The Labute approximate surface area is 119 Å². The SMILES string of the molecule is O=C(CCn1ccnn1)N(CC1CCCNC1)C1CC1. The predicted molar refractivity (Wildman–Crippen MR) is 75.0 cm³/mol. The van der Waals surface area contributed by atoms with Crippen LogP contribution in [-0.4, -0.2) is 51.5 Å². The van der Waals surface area contributed by atoms with E-state index >= 15 is 0 Å². The van der Waals surface area contributed by atoms with Crippen molar-refractivity contribution in [2.45, 2.75) is 44.7 Å². The molecule has 1 atom stereocenters.